The lowest BCUT2D eigenvalue weighted by atomic mass is 10.2. The number of benzene rings is 1. The first-order chi connectivity index (χ1) is 9.20. The summed E-state index contributed by atoms with van der Waals surface area (Å²) in [4.78, 5) is 19.4. The molecule has 1 heterocycles. The highest BCUT2D eigenvalue weighted by Crippen LogP contribution is 2.17. The van der Waals surface area contributed by atoms with E-state index in [0.717, 1.165) is 0 Å². The summed E-state index contributed by atoms with van der Waals surface area (Å²) in [6.07, 6.45) is 4.28. The van der Waals surface area contributed by atoms with Crippen LogP contribution in [0.3, 0.4) is 0 Å². The fourth-order valence-electron chi connectivity index (χ4n) is 1.51. The van der Waals surface area contributed by atoms with Crippen LogP contribution in [-0.2, 0) is 6.54 Å². The molecule has 0 aliphatic heterocycles. The molecule has 0 aliphatic carbocycles. The largest absolute Gasteiger partial charge is 0.494 e. The average Bonchev–Trinajstić information content (AvgIpc) is 2.46. The lowest BCUT2D eigenvalue weighted by Crippen LogP contribution is -2.23. The Morgan fingerprint density at radius 1 is 1.42 bits per heavy atom. The number of nitrogens with zero attached hydrogens (tertiary/aromatic N) is 2. The molecule has 98 valence electrons. The van der Waals surface area contributed by atoms with Crippen LogP contribution in [0.2, 0.25) is 0 Å². The van der Waals surface area contributed by atoms with E-state index >= 15 is 0 Å². The van der Waals surface area contributed by atoms with Crippen LogP contribution in [0.25, 0.3) is 0 Å². The summed E-state index contributed by atoms with van der Waals surface area (Å²) in [5.74, 6) is -0.651. The van der Waals surface area contributed by atoms with Gasteiger partial charge in [0.25, 0.3) is 5.91 Å². The van der Waals surface area contributed by atoms with Crippen molar-refractivity contribution in [3.63, 3.8) is 0 Å². The molecule has 0 bridgehead atoms. The van der Waals surface area contributed by atoms with Crippen molar-refractivity contribution < 1.29 is 13.9 Å². The zero-order chi connectivity index (χ0) is 13.7. The second-order valence-electron chi connectivity index (χ2n) is 3.74. The van der Waals surface area contributed by atoms with E-state index in [1.807, 2.05) is 0 Å². The van der Waals surface area contributed by atoms with Gasteiger partial charge >= 0.3 is 0 Å². The van der Waals surface area contributed by atoms with Crippen LogP contribution in [0, 0.1) is 5.82 Å². The Kier molecular flexibility index (Phi) is 4.02. The molecular weight excluding hydrogens is 249 g/mol. The molecule has 1 N–H and O–H groups in total. The van der Waals surface area contributed by atoms with Gasteiger partial charge in [-0.1, -0.05) is 6.07 Å². The van der Waals surface area contributed by atoms with Crippen LogP contribution < -0.4 is 10.1 Å². The topological polar surface area (TPSA) is 64.1 Å². The van der Waals surface area contributed by atoms with Crippen molar-refractivity contribution in [3.8, 4) is 5.75 Å². The normalized spacial score (nSPS) is 10.0. The Morgan fingerprint density at radius 3 is 2.89 bits per heavy atom. The highest BCUT2D eigenvalue weighted by atomic mass is 19.1. The summed E-state index contributed by atoms with van der Waals surface area (Å²) in [5.41, 5.74) is 0.854. The molecule has 6 heteroatoms. The standard InChI is InChI=1S/C13H12FN3O2/c1-19-12-3-2-9(6-10(12)14)7-17-13(18)11-8-15-4-5-16-11/h2-6,8H,7H2,1H3,(H,17,18). The van der Waals surface area contributed by atoms with Gasteiger partial charge in [0.05, 0.1) is 13.3 Å². The van der Waals surface area contributed by atoms with E-state index in [1.54, 1.807) is 6.07 Å². The minimum atomic E-state index is -0.464. The van der Waals surface area contributed by atoms with E-state index in [1.165, 1.54) is 37.8 Å². The number of halogens is 1. The van der Waals surface area contributed by atoms with Crippen LogP contribution in [0.5, 0.6) is 5.75 Å². The van der Waals surface area contributed by atoms with E-state index in [4.69, 9.17) is 4.74 Å². The summed E-state index contributed by atoms with van der Waals surface area (Å²) in [6, 6.07) is 4.51. The van der Waals surface area contributed by atoms with Crippen molar-refractivity contribution in [3.05, 3.63) is 53.9 Å². The predicted octanol–water partition coefficient (Wildman–Crippen LogP) is 1.55. The highest BCUT2D eigenvalue weighted by Gasteiger charge is 2.08. The van der Waals surface area contributed by atoms with Crippen molar-refractivity contribution in [2.75, 3.05) is 7.11 Å². The molecule has 2 rings (SSSR count). The van der Waals surface area contributed by atoms with E-state index in [0.29, 0.717) is 5.56 Å². The second-order valence-corrected chi connectivity index (χ2v) is 3.74. The van der Waals surface area contributed by atoms with Gasteiger partial charge in [-0.2, -0.15) is 0 Å². The van der Waals surface area contributed by atoms with E-state index in [-0.39, 0.29) is 23.9 Å². The van der Waals surface area contributed by atoms with Crippen LogP contribution in [0.4, 0.5) is 4.39 Å². The molecule has 1 aromatic carbocycles. The molecule has 2 aromatic rings. The maximum Gasteiger partial charge on any atom is 0.271 e. The molecule has 0 saturated carbocycles. The minimum absolute atomic E-state index is 0.170. The molecule has 0 radical (unpaired) electrons. The molecule has 1 amide bonds. The zero-order valence-corrected chi connectivity index (χ0v) is 10.3. The smallest absolute Gasteiger partial charge is 0.271 e. The molecule has 5 nitrogen and oxygen atoms in total. The summed E-state index contributed by atoms with van der Waals surface area (Å²) in [7, 11) is 1.40. The van der Waals surface area contributed by atoms with Gasteiger partial charge in [0, 0.05) is 18.9 Å². The van der Waals surface area contributed by atoms with Gasteiger partial charge in [0.1, 0.15) is 5.69 Å². The molecule has 1 aromatic heterocycles. The molecule has 0 fully saturated rings. The molecule has 0 saturated heterocycles. The van der Waals surface area contributed by atoms with Crippen molar-refractivity contribution in [1.82, 2.24) is 15.3 Å². The number of carbonyl (C=O) groups excluding carboxylic acids is 1. The van der Waals surface area contributed by atoms with Gasteiger partial charge in [0.2, 0.25) is 0 Å². The molecule has 19 heavy (non-hydrogen) atoms. The Balaban J connectivity index is 1.99. The summed E-state index contributed by atoms with van der Waals surface area (Å²) in [5, 5.41) is 2.63. The summed E-state index contributed by atoms with van der Waals surface area (Å²) < 4.78 is 18.3. The molecule has 0 atom stereocenters. The monoisotopic (exact) mass is 261 g/mol. The molecular formula is C13H12FN3O2. The van der Waals surface area contributed by atoms with Crippen molar-refractivity contribution >= 4 is 5.91 Å². The van der Waals surface area contributed by atoms with Gasteiger partial charge in [-0.05, 0) is 17.7 Å². The second kappa shape index (κ2) is 5.90. The maximum atomic E-state index is 13.4. The van der Waals surface area contributed by atoms with Crippen molar-refractivity contribution in [1.29, 1.82) is 0 Å². The van der Waals surface area contributed by atoms with E-state index < -0.39 is 5.82 Å². The Labute approximate surface area is 109 Å². The number of rotatable bonds is 4. The van der Waals surface area contributed by atoms with Gasteiger partial charge < -0.3 is 10.1 Å². The van der Waals surface area contributed by atoms with Gasteiger partial charge in [0.15, 0.2) is 11.6 Å². The zero-order valence-electron chi connectivity index (χ0n) is 10.3. The fraction of sp³-hybridized carbons (Fsp3) is 0.154. The number of ether oxygens (including phenoxy) is 1. The third kappa shape index (κ3) is 3.25. The summed E-state index contributed by atoms with van der Waals surface area (Å²) >= 11 is 0. The lowest BCUT2D eigenvalue weighted by molar-refractivity contribution is 0.0945. The molecule has 0 unspecified atom stereocenters. The van der Waals surface area contributed by atoms with Crippen LogP contribution >= 0.6 is 0 Å². The minimum Gasteiger partial charge on any atom is -0.494 e. The third-order valence-electron chi connectivity index (χ3n) is 2.47. The Morgan fingerprint density at radius 2 is 2.26 bits per heavy atom. The number of carbonyl (C=O) groups is 1. The van der Waals surface area contributed by atoms with Gasteiger partial charge in [-0.3, -0.25) is 9.78 Å². The number of nitrogens with one attached hydrogen (secondary N) is 1. The van der Waals surface area contributed by atoms with Crippen LogP contribution in [0.1, 0.15) is 16.1 Å². The lowest BCUT2D eigenvalue weighted by Gasteiger charge is -2.06. The fourth-order valence-corrected chi connectivity index (χ4v) is 1.51. The first-order valence-electron chi connectivity index (χ1n) is 5.57. The van der Waals surface area contributed by atoms with Crippen LogP contribution in [0.15, 0.2) is 36.8 Å². The quantitative estimate of drug-likeness (QED) is 0.907. The third-order valence-corrected chi connectivity index (χ3v) is 2.47. The molecule has 0 spiro atoms. The van der Waals surface area contributed by atoms with Crippen LogP contribution in [-0.4, -0.2) is 23.0 Å². The Hall–Kier alpha value is -2.50. The number of aromatic nitrogens is 2. The van der Waals surface area contributed by atoms with Crippen molar-refractivity contribution in [2.45, 2.75) is 6.54 Å². The Bertz CT molecular complexity index is 575. The van der Waals surface area contributed by atoms with E-state index in [9.17, 15) is 9.18 Å². The maximum absolute atomic E-state index is 13.4. The average molecular weight is 261 g/mol. The van der Waals surface area contributed by atoms with Gasteiger partial charge in [-0.25, -0.2) is 9.37 Å². The first-order valence-corrected chi connectivity index (χ1v) is 5.57. The number of hydrogen-bond donors (Lipinski definition) is 1. The number of amides is 1. The number of methoxy groups -OCH3 is 1. The highest BCUT2D eigenvalue weighted by molar-refractivity contribution is 5.91. The van der Waals surface area contributed by atoms with Gasteiger partial charge in [-0.15, -0.1) is 0 Å². The first kappa shape index (κ1) is 12.9. The molecule has 0 aliphatic rings. The SMILES string of the molecule is COc1ccc(CNC(=O)c2cnccn2)cc1F. The van der Waals surface area contributed by atoms with E-state index in [2.05, 4.69) is 15.3 Å². The summed E-state index contributed by atoms with van der Waals surface area (Å²) in [6.45, 7) is 0.205. The number of hydrogen-bond acceptors (Lipinski definition) is 4. The predicted molar refractivity (Wildman–Crippen MR) is 66.2 cm³/mol. The van der Waals surface area contributed by atoms with Crippen molar-refractivity contribution in [2.24, 2.45) is 0 Å².